The van der Waals surface area contributed by atoms with Crippen LogP contribution in [-0.2, 0) is 22.6 Å². The molecule has 0 spiro atoms. The van der Waals surface area contributed by atoms with Gasteiger partial charge in [-0.25, -0.2) is 4.68 Å². The summed E-state index contributed by atoms with van der Waals surface area (Å²) >= 11 is 12.2. The van der Waals surface area contributed by atoms with E-state index in [1.54, 1.807) is 47.3 Å². The molecule has 0 saturated carbocycles. The number of halogens is 2. The molecule has 0 atom stereocenters. The van der Waals surface area contributed by atoms with Gasteiger partial charge >= 0.3 is 5.91 Å². The zero-order chi connectivity index (χ0) is 25.4. The van der Waals surface area contributed by atoms with Crippen LogP contribution in [0.3, 0.4) is 0 Å². The Bertz CT molecular complexity index is 1520. The second-order valence-electron chi connectivity index (χ2n) is 8.18. The molecule has 36 heavy (non-hydrogen) atoms. The normalized spacial score (nSPS) is 13.7. The number of rotatable bonds is 6. The molecule has 5 rings (SSSR count). The average molecular weight is 519 g/mol. The summed E-state index contributed by atoms with van der Waals surface area (Å²) in [6.07, 6.45) is 3.72. The number of carbonyl (C=O) groups excluding carboxylic acids is 2. The quantitative estimate of drug-likeness (QED) is 0.285. The first kappa shape index (κ1) is 23.8. The molecule has 0 bridgehead atoms. The Labute approximate surface area is 217 Å². The molecule has 3 heterocycles. The molecule has 180 valence electrons. The van der Waals surface area contributed by atoms with Gasteiger partial charge in [0.25, 0.3) is 11.6 Å². The van der Waals surface area contributed by atoms with Crippen LogP contribution in [-0.4, -0.2) is 26.5 Å². The van der Waals surface area contributed by atoms with E-state index < -0.39 is 17.7 Å². The highest BCUT2D eigenvalue weighted by atomic mass is 35.5. The van der Waals surface area contributed by atoms with Gasteiger partial charge in [-0.3, -0.25) is 14.5 Å². The topological polar surface area (TPSA) is 82.1 Å². The van der Waals surface area contributed by atoms with Gasteiger partial charge in [-0.15, -0.1) is 0 Å². The van der Waals surface area contributed by atoms with E-state index in [0.29, 0.717) is 22.8 Å². The minimum absolute atomic E-state index is 0.0280. The van der Waals surface area contributed by atoms with E-state index in [4.69, 9.17) is 23.2 Å². The molecule has 0 aliphatic carbocycles. The van der Waals surface area contributed by atoms with Crippen molar-refractivity contribution in [2.75, 3.05) is 0 Å². The fourth-order valence-electron chi connectivity index (χ4n) is 4.22. The van der Waals surface area contributed by atoms with Crippen LogP contribution < -0.4 is 9.67 Å². The van der Waals surface area contributed by atoms with E-state index in [-0.39, 0.29) is 28.4 Å². The maximum Gasteiger partial charge on any atom is 0.327 e. The van der Waals surface area contributed by atoms with Gasteiger partial charge < -0.3 is 5.11 Å². The number of pyridine rings is 1. The summed E-state index contributed by atoms with van der Waals surface area (Å²) in [6, 6.07) is 19.3. The number of hydrogen-bond acceptors (Lipinski definition) is 4. The Morgan fingerprint density at radius 2 is 1.61 bits per heavy atom. The third kappa shape index (κ3) is 4.06. The Morgan fingerprint density at radius 3 is 2.28 bits per heavy atom. The standard InChI is InChI=1S/C27H20Cl2N4O3/c1-2-21-22(26(35)33(30-21)18-11-12-19(28)20(29)15-18)23-24(31-13-7-4-8-14-31)27(36)32(25(23)34)16-17-9-5-3-6-10-17/h3-15H,2,16H2,1H3. The molecule has 0 unspecified atom stereocenters. The Morgan fingerprint density at radius 1 is 0.917 bits per heavy atom. The molecular weight excluding hydrogens is 499 g/mol. The van der Waals surface area contributed by atoms with Gasteiger partial charge in [-0.05, 0) is 36.1 Å². The van der Waals surface area contributed by atoms with Gasteiger partial charge in [0, 0.05) is 17.7 Å². The van der Waals surface area contributed by atoms with Crippen LogP contribution in [0.4, 0.5) is 0 Å². The molecule has 0 fully saturated rings. The maximum atomic E-state index is 13.8. The van der Waals surface area contributed by atoms with Gasteiger partial charge in [0.1, 0.15) is 5.57 Å². The van der Waals surface area contributed by atoms with Gasteiger partial charge in [-0.2, -0.15) is 9.67 Å². The monoisotopic (exact) mass is 518 g/mol. The largest absolute Gasteiger partial charge is 0.858 e. The zero-order valence-corrected chi connectivity index (χ0v) is 20.7. The van der Waals surface area contributed by atoms with Crippen molar-refractivity contribution in [1.29, 1.82) is 0 Å². The number of hydrogen-bond donors (Lipinski definition) is 0. The smallest absolute Gasteiger partial charge is 0.327 e. The molecule has 0 N–H and O–H groups in total. The van der Waals surface area contributed by atoms with Crippen LogP contribution in [0.1, 0.15) is 23.7 Å². The molecule has 0 saturated heterocycles. The van der Waals surface area contributed by atoms with E-state index in [1.807, 2.05) is 37.3 Å². The van der Waals surface area contributed by atoms with Gasteiger partial charge in [0.2, 0.25) is 0 Å². The van der Waals surface area contributed by atoms with Gasteiger partial charge in [0.15, 0.2) is 12.4 Å². The van der Waals surface area contributed by atoms with Crippen molar-refractivity contribution < 1.29 is 19.3 Å². The number of benzene rings is 2. The molecule has 2 amide bonds. The van der Waals surface area contributed by atoms with Crippen LogP contribution in [0.25, 0.3) is 17.0 Å². The molecular formula is C27H20Cl2N4O3. The summed E-state index contributed by atoms with van der Waals surface area (Å²) in [5.41, 5.74) is 1.84. The number of carbonyl (C=O) groups is 2. The van der Waals surface area contributed by atoms with E-state index in [0.717, 1.165) is 10.5 Å². The summed E-state index contributed by atoms with van der Waals surface area (Å²) in [5, 5.41) is 18.8. The molecule has 0 radical (unpaired) electrons. The first-order valence-electron chi connectivity index (χ1n) is 11.3. The van der Waals surface area contributed by atoms with Crippen LogP contribution in [0, 0.1) is 0 Å². The molecule has 2 aromatic heterocycles. The van der Waals surface area contributed by atoms with Gasteiger partial charge in [-0.1, -0.05) is 66.5 Å². The van der Waals surface area contributed by atoms with Crippen molar-refractivity contribution in [2.45, 2.75) is 19.9 Å². The fraction of sp³-hybridized carbons (Fsp3) is 0.111. The Kier molecular flexibility index (Phi) is 6.35. The van der Waals surface area contributed by atoms with Crippen molar-refractivity contribution in [3.63, 3.8) is 0 Å². The van der Waals surface area contributed by atoms with E-state index in [2.05, 4.69) is 5.10 Å². The van der Waals surface area contributed by atoms with Crippen molar-refractivity contribution in [3.05, 3.63) is 106 Å². The summed E-state index contributed by atoms with van der Waals surface area (Å²) in [4.78, 5) is 28.6. The summed E-state index contributed by atoms with van der Waals surface area (Å²) < 4.78 is 2.75. The minimum Gasteiger partial charge on any atom is -0.858 e. The summed E-state index contributed by atoms with van der Waals surface area (Å²) in [7, 11) is 0. The molecule has 7 nitrogen and oxygen atoms in total. The van der Waals surface area contributed by atoms with E-state index >= 15 is 0 Å². The molecule has 4 aromatic rings. The lowest BCUT2D eigenvalue weighted by Crippen LogP contribution is -2.39. The van der Waals surface area contributed by atoms with Crippen LogP contribution in [0.15, 0.2) is 79.1 Å². The van der Waals surface area contributed by atoms with Crippen molar-refractivity contribution >= 4 is 46.3 Å². The van der Waals surface area contributed by atoms with Crippen LogP contribution in [0.2, 0.25) is 10.0 Å². The Hall–Kier alpha value is -3.94. The third-order valence-corrected chi connectivity index (χ3v) is 6.69. The lowest BCUT2D eigenvalue weighted by Gasteiger charge is -2.16. The highest BCUT2D eigenvalue weighted by molar-refractivity contribution is 6.45. The zero-order valence-electron chi connectivity index (χ0n) is 19.2. The SMILES string of the molecule is CCc1nn(-c2ccc(Cl)c(Cl)c2)c([O-])c1C1=C([n+]2ccccc2)C(=O)N(Cc2ccccc2)C1=O. The van der Waals surface area contributed by atoms with Crippen molar-refractivity contribution in [1.82, 2.24) is 14.7 Å². The highest BCUT2D eigenvalue weighted by Crippen LogP contribution is 2.38. The van der Waals surface area contributed by atoms with E-state index in [9.17, 15) is 14.7 Å². The summed E-state index contributed by atoms with van der Waals surface area (Å²) in [6.45, 7) is 1.92. The molecule has 2 aromatic carbocycles. The number of aryl methyl sites for hydroxylation is 1. The first-order chi connectivity index (χ1) is 17.4. The first-order valence-corrected chi connectivity index (χ1v) is 12.0. The lowest BCUT2D eigenvalue weighted by atomic mass is 10.0. The lowest BCUT2D eigenvalue weighted by molar-refractivity contribution is -0.576. The molecule has 1 aliphatic rings. The predicted molar refractivity (Wildman–Crippen MR) is 134 cm³/mol. The van der Waals surface area contributed by atoms with Crippen molar-refractivity contribution in [3.8, 4) is 11.6 Å². The second-order valence-corrected chi connectivity index (χ2v) is 8.99. The molecule has 9 heteroatoms. The number of aromatic nitrogens is 3. The number of imide groups is 1. The maximum absolute atomic E-state index is 13.8. The third-order valence-electron chi connectivity index (χ3n) is 5.95. The average Bonchev–Trinajstić information content (AvgIpc) is 3.34. The van der Waals surface area contributed by atoms with Crippen LogP contribution >= 0.6 is 23.2 Å². The van der Waals surface area contributed by atoms with Crippen molar-refractivity contribution in [2.24, 2.45) is 0 Å². The predicted octanol–water partition coefficient (Wildman–Crippen LogP) is 4.04. The minimum atomic E-state index is -0.546. The highest BCUT2D eigenvalue weighted by Gasteiger charge is 2.46. The second kappa shape index (κ2) is 9.60. The van der Waals surface area contributed by atoms with Gasteiger partial charge in [0.05, 0.1) is 28.0 Å². The summed E-state index contributed by atoms with van der Waals surface area (Å²) in [5.74, 6) is -1.55. The fourth-order valence-corrected chi connectivity index (χ4v) is 4.51. The Balaban J connectivity index is 1.70. The van der Waals surface area contributed by atoms with E-state index in [1.165, 1.54) is 10.7 Å². The van der Waals surface area contributed by atoms with Crippen LogP contribution in [0.5, 0.6) is 5.88 Å². The molecule has 1 aliphatic heterocycles. The number of nitrogens with zero attached hydrogens (tertiary/aromatic N) is 4. The number of amides is 2.